The van der Waals surface area contributed by atoms with E-state index in [1.54, 1.807) is 0 Å². The van der Waals surface area contributed by atoms with Gasteiger partial charge < -0.3 is 19.2 Å². The summed E-state index contributed by atoms with van der Waals surface area (Å²) in [7, 11) is 0. The van der Waals surface area contributed by atoms with Crippen molar-refractivity contribution in [2.45, 2.75) is 32.3 Å². The first kappa shape index (κ1) is 14.5. The molecule has 1 N–H and O–H groups in total. The van der Waals surface area contributed by atoms with Crippen molar-refractivity contribution >= 4 is 6.01 Å². The van der Waals surface area contributed by atoms with Gasteiger partial charge >= 0.3 is 6.01 Å². The van der Waals surface area contributed by atoms with Crippen LogP contribution < -0.4 is 10.1 Å². The largest absolute Gasteiger partial charge is 0.480 e. The zero-order chi connectivity index (χ0) is 15.7. The van der Waals surface area contributed by atoms with E-state index in [1.807, 2.05) is 18.2 Å². The summed E-state index contributed by atoms with van der Waals surface area (Å²) in [5.74, 6) is 1.43. The molecule has 0 spiro atoms. The minimum absolute atomic E-state index is 0.186. The maximum atomic E-state index is 5.88. The van der Waals surface area contributed by atoms with Gasteiger partial charge in [0, 0.05) is 26.2 Å². The van der Waals surface area contributed by atoms with Crippen LogP contribution in [0.15, 0.2) is 28.7 Å². The highest BCUT2D eigenvalue weighted by atomic mass is 16.5. The lowest BCUT2D eigenvalue weighted by Gasteiger charge is -2.33. The molecule has 1 saturated heterocycles. The van der Waals surface area contributed by atoms with Gasteiger partial charge in [0.25, 0.3) is 5.89 Å². The SMILES string of the molecule is CC1(CNc2nnc([C@H]3Cc4ccccc4O3)o2)CCOCC1. The van der Waals surface area contributed by atoms with Crippen molar-refractivity contribution in [1.29, 1.82) is 0 Å². The Labute approximate surface area is 135 Å². The highest BCUT2D eigenvalue weighted by Gasteiger charge is 2.30. The summed E-state index contributed by atoms with van der Waals surface area (Å²) in [6.07, 6.45) is 2.67. The van der Waals surface area contributed by atoms with Crippen LogP contribution in [0.25, 0.3) is 0 Å². The molecule has 0 bridgehead atoms. The smallest absolute Gasteiger partial charge is 0.315 e. The van der Waals surface area contributed by atoms with Crippen LogP contribution in [0.1, 0.15) is 37.3 Å². The number of nitrogens with zero attached hydrogens (tertiary/aromatic N) is 2. The lowest BCUT2D eigenvalue weighted by atomic mass is 9.82. The fourth-order valence-electron chi connectivity index (χ4n) is 3.09. The molecule has 0 saturated carbocycles. The zero-order valence-electron chi connectivity index (χ0n) is 13.2. The van der Waals surface area contributed by atoms with Crippen LogP contribution in [0.3, 0.4) is 0 Å². The number of aromatic nitrogens is 2. The van der Waals surface area contributed by atoms with Crippen LogP contribution >= 0.6 is 0 Å². The fourth-order valence-corrected chi connectivity index (χ4v) is 3.09. The molecule has 0 amide bonds. The minimum Gasteiger partial charge on any atom is -0.480 e. The van der Waals surface area contributed by atoms with Crippen LogP contribution in [-0.4, -0.2) is 30.0 Å². The van der Waals surface area contributed by atoms with E-state index in [-0.39, 0.29) is 11.5 Å². The number of rotatable bonds is 4. The Morgan fingerprint density at radius 1 is 1.22 bits per heavy atom. The molecule has 4 rings (SSSR count). The van der Waals surface area contributed by atoms with E-state index in [1.165, 1.54) is 5.56 Å². The molecule has 0 radical (unpaired) electrons. The van der Waals surface area contributed by atoms with E-state index >= 15 is 0 Å². The Hall–Kier alpha value is -2.08. The molecule has 23 heavy (non-hydrogen) atoms. The number of ether oxygens (including phenoxy) is 2. The Morgan fingerprint density at radius 3 is 2.87 bits per heavy atom. The van der Waals surface area contributed by atoms with Gasteiger partial charge in [0.15, 0.2) is 6.10 Å². The normalized spacial score (nSPS) is 22.4. The third-order valence-electron chi connectivity index (χ3n) is 4.73. The second kappa shape index (κ2) is 5.85. The number of para-hydroxylation sites is 1. The van der Waals surface area contributed by atoms with Gasteiger partial charge in [0.2, 0.25) is 0 Å². The topological polar surface area (TPSA) is 69.4 Å². The van der Waals surface area contributed by atoms with E-state index in [2.05, 4.69) is 28.5 Å². The third-order valence-corrected chi connectivity index (χ3v) is 4.73. The molecule has 122 valence electrons. The number of fused-ring (bicyclic) bond motifs is 1. The summed E-state index contributed by atoms with van der Waals surface area (Å²) in [6.45, 7) is 4.71. The fraction of sp³-hybridized carbons (Fsp3) is 0.529. The van der Waals surface area contributed by atoms with Crippen molar-refractivity contribution < 1.29 is 13.9 Å². The summed E-state index contributed by atoms with van der Waals surface area (Å²) < 4.78 is 17.0. The maximum absolute atomic E-state index is 5.88. The molecule has 2 aliphatic rings. The van der Waals surface area contributed by atoms with Crippen molar-refractivity contribution in [3.63, 3.8) is 0 Å². The number of anilines is 1. The van der Waals surface area contributed by atoms with Gasteiger partial charge in [0.1, 0.15) is 5.75 Å². The van der Waals surface area contributed by atoms with Gasteiger partial charge in [-0.2, -0.15) is 0 Å². The predicted octanol–water partition coefficient (Wildman–Crippen LogP) is 2.97. The molecule has 3 heterocycles. The summed E-state index contributed by atoms with van der Waals surface area (Å²) >= 11 is 0. The number of hydrogen-bond acceptors (Lipinski definition) is 6. The second-order valence-electron chi connectivity index (χ2n) is 6.64. The van der Waals surface area contributed by atoms with Gasteiger partial charge in [-0.25, -0.2) is 0 Å². The van der Waals surface area contributed by atoms with E-state index < -0.39 is 0 Å². The Kier molecular flexibility index (Phi) is 3.69. The molecular formula is C17H21N3O3. The molecule has 0 unspecified atom stereocenters. The average molecular weight is 315 g/mol. The summed E-state index contributed by atoms with van der Waals surface area (Å²) in [4.78, 5) is 0. The first-order chi connectivity index (χ1) is 11.2. The maximum Gasteiger partial charge on any atom is 0.315 e. The van der Waals surface area contributed by atoms with E-state index in [0.717, 1.165) is 44.8 Å². The summed E-state index contributed by atoms with van der Waals surface area (Å²) in [5, 5.41) is 11.5. The lowest BCUT2D eigenvalue weighted by Crippen LogP contribution is -2.33. The molecule has 6 nitrogen and oxygen atoms in total. The second-order valence-corrected chi connectivity index (χ2v) is 6.64. The Bertz CT molecular complexity index is 654. The highest BCUT2D eigenvalue weighted by Crippen LogP contribution is 2.36. The molecule has 1 aromatic carbocycles. The Balaban J connectivity index is 1.38. The molecule has 1 aromatic heterocycles. The van der Waals surface area contributed by atoms with Crippen LogP contribution in [0.5, 0.6) is 5.75 Å². The summed E-state index contributed by atoms with van der Waals surface area (Å²) in [6, 6.07) is 8.48. The van der Waals surface area contributed by atoms with Crippen LogP contribution in [-0.2, 0) is 11.2 Å². The highest BCUT2D eigenvalue weighted by molar-refractivity contribution is 5.38. The lowest BCUT2D eigenvalue weighted by molar-refractivity contribution is 0.0297. The monoisotopic (exact) mass is 315 g/mol. The molecule has 6 heteroatoms. The first-order valence-electron chi connectivity index (χ1n) is 8.11. The van der Waals surface area contributed by atoms with Crippen molar-refractivity contribution in [3.8, 4) is 5.75 Å². The van der Waals surface area contributed by atoms with Crippen molar-refractivity contribution in [3.05, 3.63) is 35.7 Å². The van der Waals surface area contributed by atoms with E-state index in [9.17, 15) is 0 Å². The predicted molar refractivity (Wildman–Crippen MR) is 84.5 cm³/mol. The van der Waals surface area contributed by atoms with Crippen molar-refractivity contribution in [2.75, 3.05) is 25.1 Å². The van der Waals surface area contributed by atoms with Crippen LogP contribution in [0, 0.1) is 5.41 Å². The Morgan fingerprint density at radius 2 is 2.04 bits per heavy atom. The van der Waals surface area contributed by atoms with Crippen LogP contribution in [0.2, 0.25) is 0 Å². The first-order valence-corrected chi connectivity index (χ1v) is 8.11. The number of benzene rings is 1. The van der Waals surface area contributed by atoms with Gasteiger partial charge in [0.05, 0.1) is 0 Å². The standard InChI is InChI=1S/C17H21N3O3/c1-17(6-8-21-9-7-17)11-18-16-20-19-15(23-16)14-10-12-4-2-3-5-13(12)22-14/h2-5,14H,6-11H2,1H3,(H,18,20)/t14-/m1/s1. The molecule has 1 atom stereocenters. The molecular weight excluding hydrogens is 294 g/mol. The van der Waals surface area contributed by atoms with Crippen molar-refractivity contribution in [2.24, 2.45) is 5.41 Å². The van der Waals surface area contributed by atoms with Gasteiger partial charge in [-0.05, 0) is 29.9 Å². The van der Waals surface area contributed by atoms with Gasteiger partial charge in [-0.1, -0.05) is 30.2 Å². The van der Waals surface area contributed by atoms with Crippen LogP contribution in [0.4, 0.5) is 6.01 Å². The number of nitrogens with one attached hydrogen (secondary N) is 1. The summed E-state index contributed by atoms with van der Waals surface area (Å²) in [5.41, 5.74) is 1.40. The van der Waals surface area contributed by atoms with E-state index in [0.29, 0.717) is 11.9 Å². The van der Waals surface area contributed by atoms with Gasteiger partial charge in [-0.15, -0.1) is 5.10 Å². The number of hydrogen-bond donors (Lipinski definition) is 1. The third kappa shape index (κ3) is 3.03. The molecule has 2 aromatic rings. The average Bonchev–Trinajstić information content (AvgIpc) is 3.20. The van der Waals surface area contributed by atoms with E-state index in [4.69, 9.17) is 13.9 Å². The molecule has 0 aliphatic carbocycles. The zero-order valence-corrected chi connectivity index (χ0v) is 13.2. The molecule has 2 aliphatic heterocycles. The quantitative estimate of drug-likeness (QED) is 0.935. The minimum atomic E-state index is -0.186. The van der Waals surface area contributed by atoms with Crippen molar-refractivity contribution in [1.82, 2.24) is 10.2 Å². The molecule has 1 fully saturated rings. The van der Waals surface area contributed by atoms with Gasteiger partial charge in [-0.3, -0.25) is 0 Å².